The number of carbonyl (C=O) groups is 1. The van der Waals surface area contributed by atoms with Crippen LogP contribution in [-0.4, -0.2) is 12.1 Å². The second-order valence-electron chi connectivity index (χ2n) is 11.9. The van der Waals surface area contributed by atoms with Crippen LogP contribution < -0.4 is 21.5 Å². The van der Waals surface area contributed by atoms with E-state index < -0.39 is 0 Å². The number of carbonyl (C=O) groups excluding carboxylic acids is 1. The number of ether oxygens (including phenoxy) is 1. The van der Waals surface area contributed by atoms with Crippen molar-refractivity contribution in [2.24, 2.45) is 29.1 Å². The van der Waals surface area contributed by atoms with Gasteiger partial charge in [0.2, 0.25) is 5.51 Å². The first-order valence-electron chi connectivity index (χ1n) is 13.1. The predicted molar refractivity (Wildman–Crippen MR) is 131 cm³/mol. The molecule has 4 aliphatic rings. The van der Waals surface area contributed by atoms with E-state index in [1.165, 1.54) is 44.1 Å². The van der Waals surface area contributed by atoms with Crippen molar-refractivity contribution in [1.82, 2.24) is 0 Å². The summed E-state index contributed by atoms with van der Waals surface area (Å²) >= 11 is 2.02. The summed E-state index contributed by atoms with van der Waals surface area (Å²) < 4.78 is 8.22. The molecule has 2 aromatic rings. The largest absolute Gasteiger partial charge is 1.00 e. The molecule has 0 spiro atoms. The van der Waals surface area contributed by atoms with E-state index in [9.17, 15) is 4.79 Å². The van der Waals surface area contributed by atoms with Crippen molar-refractivity contribution < 1.29 is 31.1 Å². The van der Waals surface area contributed by atoms with Gasteiger partial charge in [-0.05, 0) is 74.0 Å². The maximum atomic E-state index is 11.5. The van der Waals surface area contributed by atoms with E-state index in [0.29, 0.717) is 10.8 Å². The minimum atomic E-state index is -0.105. The SMILES string of the molecule is CC(=O)O[C@H]1CC[C@@]2(C)[C@@H](CC[C@@H]3[C@@H]2CC[C@]2(C)c4sc[n+](Cc5ccccc5)c4C[C@@H]32)C1.[Br-]. The topological polar surface area (TPSA) is 30.2 Å². The Balaban J connectivity index is 0.00000241. The predicted octanol–water partition coefficient (Wildman–Crippen LogP) is 3.08. The molecule has 34 heavy (non-hydrogen) atoms. The van der Waals surface area contributed by atoms with Gasteiger partial charge in [0.1, 0.15) is 6.10 Å². The van der Waals surface area contributed by atoms with Gasteiger partial charge < -0.3 is 21.7 Å². The highest BCUT2D eigenvalue weighted by atomic mass is 79.9. The van der Waals surface area contributed by atoms with E-state index in [2.05, 4.69) is 54.3 Å². The van der Waals surface area contributed by atoms with Crippen LogP contribution >= 0.6 is 11.3 Å². The maximum Gasteiger partial charge on any atom is 0.302 e. The highest BCUT2D eigenvalue weighted by molar-refractivity contribution is 7.09. The zero-order valence-corrected chi connectivity index (χ0v) is 23.2. The molecular weight excluding hydrogens is 506 g/mol. The Morgan fingerprint density at radius 3 is 2.65 bits per heavy atom. The molecule has 0 N–H and O–H groups in total. The Bertz CT molecular complexity index is 1050. The van der Waals surface area contributed by atoms with Gasteiger partial charge in [-0.3, -0.25) is 4.79 Å². The lowest BCUT2D eigenvalue weighted by Gasteiger charge is -2.60. The number of nitrogens with zero attached hydrogens (tertiary/aromatic N) is 1. The van der Waals surface area contributed by atoms with Crippen molar-refractivity contribution in [1.29, 1.82) is 0 Å². The molecular formula is C29H38BrNO2S. The van der Waals surface area contributed by atoms with Gasteiger partial charge >= 0.3 is 5.97 Å². The van der Waals surface area contributed by atoms with Gasteiger partial charge in [-0.2, -0.15) is 4.57 Å². The highest BCUT2D eigenvalue weighted by Gasteiger charge is 2.61. The summed E-state index contributed by atoms with van der Waals surface area (Å²) in [6.45, 7) is 7.76. The zero-order chi connectivity index (χ0) is 22.8. The molecule has 0 bridgehead atoms. The lowest BCUT2D eigenvalue weighted by Crippen LogP contribution is -3.00. The van der Waals surface area contributed by atoms with E-state index in [4.69, 9.17) is 4.74 Å². The van der Waals surface area contributed by atoms with E-state index in [1.807, 2.05) is 11.3 Å². The highest BCUT2D eigenvalue weighted by Crippen LogP contribution is 2.65. The van der Waals surface area contributed by atoms with Gasteiger partial charge in [-0.25, -0.2) is 0 Å². The molecule has 0 aliphatic heterocycles. The van der Waals surface area contributed by atoms with Gasteiger partial charge in [0.25, 0.3) is 0 Å². The molecule has 184 valence electrons. The molecule has 1 aromatic heterocycles. The fourth-order valence-electron chi connectivity index (χ4n) is 8.71. The van der Waals surface area contributed by atoms with Crippen LogP contribution in [0.15, 0.2) is 35.8 Å². The molecule has 1 aromatic carbocycles. The number of esters is 1. The number of halogens is 1. The molecule has 0 radical (unpaired) electrons. The molecule has 0 amide bonds. The number of hydrogen-bond acceptors (Lipinski definition) is 3. The van der Waals surface area contributed by atoms with Crippen molar-refractivity contribution in [3.8, 4) is 0 Å². The average Bonchev–Trinajstić information content (AvgIpc) is 3.32. The summed E-state index contributed by atoms with van der Waals surface area (Å²) in [6, 6.07) is 10.9. The molecule has 3 nitrogen and oxygen atoms in total. The van der Waals surface area contributed by atoms with Crippen LogP contribution in [0, 0.1) is 29.1 Å². The Morgan fingerprint density at radius 1 is 1.09 bits per heavy atom. The third kappa shape index (κ3) is 3.80. The van der Waals surface area contributed by atoms with Crippen molar-refractivity contribution in [3.05, 3.63) is 52.0 Å². The number of hydrogen-bond donors (Lipinski definition) is 0. The van der Waals surface area contributed by atoms with Gasteiger partial charge in [0.05, 0.1) is 4.88 Å². The van der Waals surface area contributed by atoms with E-state index in [0.717, 1.165) is 43.1 Å². The fraction of sp³-hybridized carbons (Fsp3) is 0.655. The number of fused-ring (bicyclic) bond motifs is 7. The quantitative estimate of drug-likeness (QED) is 0.440. The van der Waals surface area contributed by atoms with Crippen LogP contribution in [0.2, 0.25) is 0 Å². The molecule has 0 unspecified atom stereocenters. The number of benzene rings is 1. The summed E-state index contributed by atoms with van der Waals surface area (Å²) in [7, 11) is 0. The van der Waals surface area contributed by atoms with Crippen molar-refractivity contribution in [2.45, 2.75) is 90.2 Å². The van der Waals surface area contributed by atoms with Gasteiger partial charge in [-0.15, -0.1) is 0 Å². The molecule has 0 saturated heterocycles. The molecule has 5 heteroatoms. The van der Waals surface area contributed by atoms with E-state index in [1.54, 1.807) is 17.5 Å². The van der Waals surface area contributed by atoms with Crippen LogP contribution in [0.4, 0.5) is 0 Å². The summed E-state index contributed by atoms with van der Waals surface area (Å²) in [5.41, 5.74) is 6.21. The third-order valence-electron chi connectivity index (χ3n) is 10.4. The van der Waals surface area contributed by atoms with E-state index in [-0.39, 0.29) is 29.1 Å². The minimum Gasteiger partial charge on any atom is -1.00 e. The van der Waals surface area contributed by atoms with Gasteiger partial charge in [0, 0.05) is 24.3 Å². The first-order valence-corrected chi connectivity index (χ1v) is 14.0. The second-order valence-corrected chi connectivity index (χ2v) is 12.8. The van der Waals surface area contributed by atoms with Crippen molar-refractivity contribution in [3.63, 3.8) is 0 Å². The molecule has 3 fully saturated rings. The number of aromatic nitrogens is 1. The first kappa shape index (κ1) is 24.5. The summed E-state index contributed by atoms with van der Waals surface area (Å²) in [4.78, 5) is 13.2. The Labute approximate surface area is 219 Å². The fourth-order valence-corrected chi connectivity index (χ4v) is 10.0. The molecule has 1 heterocycles. The summed E-state index contributed by atoms with van der Waals surface area (Å²) in [5, 5.41) is 0. The smallest absolute Gasteiger partial charge is 0.302 e. The molecule has 7 atom stereocenters. The van der Waals surface area contributed by atoms with Crippen LogP contribution in [0.1, 0.15) is 81.9 Å². The van der Waals surface area contributed by atoms with Gasteiger partial charge in [-0.1, -0.05) is 55.5 Å². The Morgan fingerprint density at radius 2 is 1.88 bits per heavy atom. The normalized spacial score (nSPS) is 38.0. The van der Waals surface area contributed by atoms with Crippen LogP contribution in [-0.2, 0) is 27.9 Å². The Kier molecular flexibility index (Phi) is 6.50. The van der Waals surface area contributed by atoms with E-state index >= 15 is 0 Å². The number of rotatable bonds is 3. The number of thiazole rings is 1. The lowest BCUT2D eigenvalue weighted by molar-refractivity contribution is -0.690. The molecule has 4 aliphatic carbocycles. The average molecular weight is 545 g/mol. The zero-order valence-electron chi connectivity index (χ0n) is 20.8. The molecule has 3 saturated carbocycles. The van der Waals surface area contributed by atoms with Crippen LogP contribution in [0.5, 0.6) is 0 Å². The Hall–Kier alpha value is -1.20. The lowest BCUT2D eigenvalue weighted by atomic mass is 9.45. The second kappa shape index (κ2) is 9.03. The first-order chi connectivity index (χ1) is 15.9. The molecule has 6 rings (SSSR count). The van der Waals surface area contributed by atoms with Crippen molar-refractivity contribution >= 4 is 17.3 Å². The van der Waals surface area contributed by atoms with Crippen LogP contribution in [0.25, 0.3) is 0 Å². The van der Waals surface area contributed by atoms with Crippen molar-refractivity contribution in [2.75, 3.05) is 0 Å². The van der Waals surface area contributed by atoms with Crippen LogP contribution in [0.3, 0.4) is 0 Å². The summed E-state index contributed by atoms with van der Waals surface area (Å²) in [6.07, 6.45) is 10.2. The summed E-state index contributed by atoms with van der Waals surface area (Å²) in [5.74, 6) is 3.10. The third-order valence-corrected chi connectivity index (χ3v) is 11.7. The minimum absolute atomic E-state index is 0. The van der Waals surface area contributed by atoms with Gasteiger partial charge in [0.15, 0.2) is 12.2 Å². The standard InChI is InChI=1S/C29H38NO2S.BrH/c1-19(31)32-22-11-13-28(2)21(15-22)9-10-23-24(28)12-14-29(3)25(23)16-26-27(29)33-18-30(26)17-20-7-5-4-6-8-20;/h4-8,18,21-25H,9-17H2,1-3H3;1H/q+1;/p-1/t21-,22-,23+,24-,25-,28-,29-;/m0./s1. The monoisotopic (exact) mass is 543 g/mol. The maximum absolute atomic E-state index is 11.5.